The van der Waals surface area contributed by atoms with Gasteiger partial charge >= 0.3 is 0 Å². The average molecular weight is 232 g/mol. The van der Waals surface area contributed by atoms with Crippen molar-refractivity contribution in [1.82, 2.24) is 4.98 Å². The highest BCUT2D eigenvalue weighted by molar-refractivity contribution is 9.10. The van der Waals surface area contributed by atoms with E-state index in [9.17, 15) is 0 Å². The lowest BCUT2D eigenvalue weighted by Gasteiger charge is -2.08. The van der Waals surface area contributed by atoms with Gasteiger partial charge in [0.1, 0.15) is 0 Å². The maximum atomic E-state index is 5.29. The molecule has 0 spiro atoms. The molecule has 0 amide bonds. The molecule has 0 radical (unpaired) electrons. The van der Waals surface area contributed by atoms with Crippen LogP contribution in [0.15, 0.2) is 16.9 Å². The van der Waals surface area contributed by atoms with Gasteiger partial charge in [-0.05, 0) is 22.9 Å². The Morgan fingerprint density at radius 1 is 1.50 bits per heavy atom. The summed E-state index contributed by atoms with van der Waals surface area (Å²) in [4.78, 5) is 3.96. The van der Waals surface area contributed by atoms with Gasteiger partial charge in [0.2, 0.25) is 0 Å². The zero-order valence-electron chi connectivity index (χ0n) is 7.00. The maximum Gasteiger partial charge on any atom is 0.180 e. The fraction of sp³-hybridized carbons (Fsp3) is 0.375. The lowest BCUT2D eigenvalue weighted by atomic mass is 10.4. The van der Waals surface area contributed by atoms with E-state index in [-0.39, 0.29) is 0 Å². The Bertz CT molecular complexity index is 265. The number of methoxy groups -OCH3 is 1. The summed E-state index contributed by atoms with van der Waals surface area (Å²) in [7, 11) is 1.60. The summed E-state index contributed by atoms with van der Waals surface area (Å²) in [5.74, 6) is 1.35. The normalized spacial score (nSPS) is 9.58. The fourth-order valence-corrected chi connectivity index (χ4v) is 1.34. The zero-order chi connectivity index (χ0) is 8.97. The zero-order valence-corrected chi connectivity index (χ0v) is 8.59. The van der Waals surface area contributed by atoms with Crippen LogP contribution < -0.4 is 9.47 Å². The lowest BCUT2D eigenvalue weighted by Crippen LogP contribution is -1.96. The molecule has 66 valence electrons. The van der Waals surface area contributed by atoms with E-state index in [0.29, 0.717) is 18.1 Å². The standard InChI is InChI=1S/C8H10BrNO2/c1-3-12-7-5-10-4-6(9)8(7)11-2/h4-5H,3H2,1-2H3. The molecule has 0 aromatic carbocycles. The SMILES string of the molecule is CCOc1cncc(Br)c1OC. The molecule has 0 aliphatic carbocycles. The lowest BCUT2D eigenvalue weighted by molar-refractivity contribution is 0.308. The Labute approximate surface area is 79.8 Å². The first-order valence-electron chi connectivity index (χ1n) is 3.60. The smallest absolute Gasteiger partial charge is 0.180 e. The van der Waals surface area contributed by atoms with E-state index < -0.39 is 0 Å². The van der Waals surface area contributed by atoms with Crippen LogP contribution in [-0.4, -0.2) is 18.7 Å². The topological polar surface area (TPSA) is 31.4 Å². The van der Waals surface area contributed by atoms with Gasteiger partial charge in [0.15, 0.2) is 11.5 Å². The van der Waals surface area contributed by atoms with Gasteiger partial charge < -0.3 is 9.47 Å². The van der Waals surface area contributed by atoms with Crippen LogP contribution in [0.5, 0.6) is 11.5 Å². The Hall–Kier alpha value is -0.770. The third kappa shape index (κ3) is 1.88. The molecule has 0 saturated heterocycles. The molecule has 4 heteroatoms. The second-order valence-corrected chi connectivity index (χ2v) is 2.94. The molecule has 3 nitrogen and oxygen atoms in total. The van der Waals surface area contributed by atoms with Crippen LogP contribution in [0.1, 0.15) is 6.92 Å². The van der Waals surface area contributed by atoms with Gasteiger partial charge in [-0.2, -0.15) is 0 Å². The highest BCUT2D eigenvalue weighted by Gasteiger charge is 2.07. The number of rotatable bonds is 3. The largest absolute Gasteiger partial charge is 0.492 e. The molecule has 0 atom stereocenters. The highest BCUT2D eigenvalue weighted by atomic mass is 79.9. The van der Waals surface area contributed by atoms with Crippen LogP contribution >= 0.6 is 15.9 Å². The van der Waals surface area contributed by atoms with Crippen LogP contribution in [0.4, 0.5) is 0 Å². The first-order valence-corrected chi connectivity index (χ1v) is 4.39. The molecule has 0 fully saturated rings. The molecule has 0 saturated carbocycles. The second-order valence-electron chi connectivity index (χ2n) is 2.09. The van der Waals surface area contributed by atoms with E-state index in [2.05, 4.69) is 20.9 Å². The third-order valence-corrected chi connectivity index (χ3v) is 1.89. The van der Waals surface area contributed by atoms with Crippen molar-refractivity contribution >= 4 is 15.9 Å². The van der Waals surface area contributed by atoms with Gasteiger partial charge in [0.25, 0.3) is 0 Å². The summed E-state index contributed by atoms with van der Waals surface area (Å²) >= 11 is 3.31. The number of hydrogen-bond donors (Lipinski definition) is 0. The molecule has 1 aromatic rings. The number of hydrogen-bond acceptors (Lipinski definition) is 3. The first kappa shape index (κ1) is 9.32. The van der Waals surface area contributed by atoms with Crippen LogP contribution in [0.25, 0.3) is 0 Å². The van der Waals surface area contributed by atoms with Crippen LogP contribution in [0, 0.1) is 0 Å². The van der Waals surface area contributed by atoms with Gasteiger partial charge in [-0.1, -0.05) is 0 Å². The van der Waals surface area contributed by atoms with Crippen molar-refractivity contribution in [3.63, 3.8) is 0 Å². The maximum absolute atomic E-state index is 5.29. The third-order valence-electron chi connectivity index (χ3n) is 1.32. The van der Waals surface area contributed by atoms with Crippen LogP contribution in [0.3, 0.4) is 0 Å². The van der Waals surface area contributed by atoms with Gasteiger partial charge in [-0.3, -0.25) is 4.98 Å². The van der Waals surface area contributed by atoms with Crippen molar-refractivity contribution in [1.29, 1.82) is 0 Å². The van der Waals surface area contributed by atoms with E-state index >= 15 is 0 Å². The number of pyridine rings is 1. The minimum Gasteiger partial charge on any atom is -0.492 e. The molecule has 1 aromatic heterocycles. The molecule has 1 rings (SSSR count). The molecular weight excluding hydrogens is 222 g/mol. The monoisotopic (exact) mass is 231 g/mol. The Balaban J connectivity index is 3.00. The molecule has 0 unspecified atom stereocenters. The Morgan fingerprint density at radius 3 is 2.83 bits per heavy atom. The predicted molar refractivity (Wildman–Crippen MR) is 49.7 cm³/mol. The quantitative estimate of drug-likeness (QED) is 0.800. The van der Waals surface area contributed by atoms with E-state index in [1.54, 1.807) is 19.5 Å². The van der Waals surface area contributed by atoms with Crippen LogP contribution in [0.2, 0.25) is 0 Å². The number of ether oxygens (including phenoxy) is 2. The Kier molecular flexibility index (Phi) is 3.34. The van der Waals surface area contributed by atoms with E-state index in [1.165, 1.54) is 0 Å². The van der Waals surface area contributed by atoms with E-state index in [1.807, 2.05) is 6.92 Å². The van der Waals surface area contributed by atoms with Gasteiger partial charge in [-0.15, -0.1) is 0 Å². The summed E-state index contributed by atoms with van der Waals surface area (Å²) in [6.45, 7) is 2.52. The fourth-order valence-electron chi connectivity index (χ4n) is 0.862. The molecule has 0 aliphatic rings. The summed E-state index contributed by atoms with van der Waals surface area (Å²) in [6.07, 6.45) is 3.30. The second kappa shape index (κ2) is 4.30. The van der Waals surface area contributed by atoms with Crippen molar-refractivity contribution in [3.8, 4) is 11.5 Å². The average Bonchev–Trinajstić information content (AvgIpc) is 2.05. The molecule has 1 heterocycles. The first-order chi connectivity index (χ1) is 5.79. The number of halogens is 1. The van der Waals surface area contributed by atoms with Crippen LogP contribution in [-0.2, 0) is 0 Å². The summed E-state index contributed by atoms with van der Waals surface area (Å²) in [6, 6.07) is 0. The van der Waals surface area contributed by atoms with Crippen molar-refractivity contribution in [2.75, 3.05) is 13.7 Å². The molecular formula is C8H10BrNO2. The number of aromatic nitrogens is 1. The van der Waals surface area contributed by atoms with E-state index in [4.69, 9.17) is 9.47 Å². The molecule has 0 N–H and O–H groups in total. The summed E-state index contributed by atoms with van der Waals surface area (Å²) in [5.41, 5.74) is 0. The van der Waals surface area contributed by atoms with E-state index in [0.717, 1.165) is 4.47 Å². The van der Waals surface area contributed by atoms with Crippen molar-refractivity contribution in [3.05, 3.63) is 16.9 Å². The van der Waals surface area contributed by atoms with Gasteiger partial charge in [-0.25, -0.2) is 0 Å². The van der Waals surface area contributed by atoms with Gasteiger partial charge in [0, 0.05) is 6.20 Å². The number of nitrogens with zero attached hydrogens (tertiary/aromatic N) is 1. The molecule has 12 heavy (non-hydrogen) atoms. The predicted octanol–water partition coefficient (Wildman–Crippen LogP) is 2.25. The van der Waals surface area contributed by atoms with Gasteiger partial charge in [0.05, 0.1) is 24.4 Å². The minimum atomic E-state index is 0.606. The minimum absolute atomic E-state index is 0.606. The summed E-state index contributed by atoms with van der Waals surface area (Å²) < 4.78 is 11.2. The Morgan fingerprint density at radius 2 is 2.25 bits per heavy atom. The summed E-state index contributed by atoms with van der Waals surface area (Å²) in [5, 5.41) is 0. The van der Waals surface area contributed by atoms with Crippen molar-refractivity contribution in [2.45, 2.75) is 6.92 Å². The van der Waals surface area contributed by atoms with Crippen molar-refractivity contribution < 1.29 is 9.47 Å². The molecule has 0 bridgehead atoms. The van der Waals surface area contributed by atoms with Crippen molar-refractivity contribution in [2.24, 2.45) is 0 Å². The molecule has 0 aliphatic heterocycles. The highest BCUT2D eigenvalue weighted by Crippen LogP contribution is 2.33.